The highest BCUT2D eigenvalue weighted by Gasteiger charge is 2.36. The lowest BCUT2D eigenvalue weighted by molar-refractivity contribution is -0.165. The Morgan fingerprint density at radius 2 is 1.23 bits per heavy atom. The Kier molecular flexibility index (Phi) is 4.74. The molecule has 13 heavy (non-hydrogen) atoms. The summed E-state index contributed by atoms with van der Waals surface area (Å²) in [6.45, 7) is 5.61. The predicted molar refractivity (Wildman–Crippen MR) is 53.7 cm³/mol. The number of ether oxygens (including phenoxy) is 2. The van der Waals surface area contributed by atoms with Gasteiger partial charge in [0.25, 0.3) is 0 Å². The van der Waals surface area contributed by atoms with Crippen LogP contribution in [-0.4, -0.2) is 19.0 Å². The van der Waals surface area contributed by atoms with E-state index < -0.39 is 0 Å². The molecule has 2 aliphatic rings. The minimum Gasteiger partial charge on any atom is -0.348 e. The van der Waals surface area contributed by atoms with Crippen LogP contribution < -0.4 is 0 Å². The maximum absolute atomic E-state index is 5.64. The van der Waals surface area contributed by atoms with E-state index in [0.717, 1.165) is 26.1 Å². The first kappa shape index (κ1) is 11.0. The number of rotatable bonds is 0. The van der Waals surface area contributed by atoms with Crippen LogP contribution in [0.3, 0.4) is 0 Å². The molecule has 2 fully saturated rings. The summed E-state index contributed by atoms with van der Waals surface area (Å²) in [5.41, 5.74) is 0. The summed E-state index contributed by atoms with van der Waals surface area (Å²) in [6.07, 6.45) is 7.50. The second-order valence-electron chi connectivity index (χ2n) is 3.52. The van der Waals surface area contributed by atoms with Crippen molar-refractivity contribution in [2.75, 3.05) is 13.2 Å². The van der Waals surface area contributed by atoms with Gasteiger partial charge in [0.05, 0.1) is 13.2 Å². The molecule has 0 aromatic rings. The Morgan fingerprint density at radius 3 is 1.69 bits per heavy atom. The highest BCUT2D eigenvalue weighted by Crippen LogP contribution is 2.34. The fourth-order valence-corrected chi connectivity index (χ4v) is 2.05. The van der Waals surface area contributed by atoms with Crippen LogP contribution in [0.15, 0.2) is 0 Å². The van der Waals surface area contributed by atoms with E-state index in [9.17, 15) is 0 Å². The van der Waals surface area contributed by atoms with Crippen molar-refractivity contribution in [3.05, 3.63) is 0 Å². The molecule has 0 unspecified atom stereocenters. The zero-order valence-electron chi connectivity index (χ0n) is 8.97. The van der Waals surface area contributed by atoms with Crippen LogP contribution in [0.2, 0.25) is 0 Å². The predicted octanol–water partition coefficient (Wildman–Crippen LogP) is 3.11. The Labute approximate surface area is 81.6 Å². The number of hydrogen-bond donors (Lipinski definition) is 0. The second-order valence-corrected chi connectivity index (χ2v) is 3.52. The van der Waals surface area contributed by atoms with Crippen molar-refractivity contribution in [2.24, 2.45) is 0 Å². The molecule has 0 amide bonds. The molecule has 0 bridgehead atoms. The van der Waals surface area contributed by atoms with Gasteiger partial charge in [-0.15, -0.1) is 0 Å². The SMILES string of the molecule is C1CCCC2(CC1)OCCO2.CC. The Morgan fingerprint density at radius 1 is 0.769 bits per heavy atom. The smallest absolute Gasteiger partial charge is 0.168 e. The molecule has 1 aliphatic carbocycles. The standard InChI is InChI=1S/C9H16O2.C2H6/c1-2-4-6-9(5-3-1)10-7-8-11-9;1-2/h1-8H2;1-2H3. The van der Waals surface area contributed by atoms with E-state index in [1.165, 1.54) is 25.7 Å². The van der Waals surface area contributed by atoms with E-state index in [2.05, 4.69) is 0 Å². The first-order chi connectivity index (χ1) is 6.41. The lowest BCUT2D eigenvalue weighted by atomic mass is 10.1. The van der Waals surface area contributed by atoms with Gasteiger partial charge in [-0.25, -0.2) is 0 Å². The zero-order valence-corrected chi connectivity index (χ0v) is 8.97. The van der Waals surface area contributed by atoms with E-state index in [1.54, 1.807) is 0 Å². The average Bonchev–Trinajstić information content (AvgIpc) is 2.50. The van der Waals surface area contributed by atoms with Crippen molar-refractivity contribution < 1.29 is 9.47 Å². The van der Waals surface area contributed by atoms with Crippen LogP contribution in [0.4, 0.5) is 0 Å². The summed E-state index contributed by atoms with van der Waals surface area (Å²) in [5.74, 6) is -0.142. The van der Waals surface area contributed by atoms with Crippen molar-refractivity contribution in [1.29, 1.82) is 0 Å². The van der Waals surface area contributed by atoms with Crippen molar-refractivity contribution in [3.63, 3.8) is 0 Å². The molecule has 0 radical (unpaired) electrons. The molecule has 2 heteroatoms. The molecule has 78 valence electrons. The van der Waals surface area contributed by atoms with Gasteiger partial charge < -0.3 is 9.47 Å². The van der Waals surface area contributed by atoms with E-state index in [4.69, 9.17) is 9.47 Å². The van der Waals surface area contributed by atoms with E-state index in [1.807, 2.05) is 13.8 Å². The van der Waals surface area contributed by atoms with Crippen LogP contribution >= 0.6 is 0 Å². The third-order valence-electron chi connectivity index (χ3n) is 2.68. The lowest BCUT2D eigenvalue weighted by Crippen LogP contribution is -2.28. The fraction of sp³-hybridized carbons (Fsp3) is 1.00. The molecule has 0 aromatic heterocycles. The van der Waals surface area contributed by atoms with Crippen LogP contribution in [0, 0.1) is 0 Å². The summed E-state index contributed by atoms with van der Waals surface area (Å²) in [6, 6.07) is 0. The average molecular weight is 186 g/mol. The summed E-state index contributed by atoms with van der Waals surface area (Å²) in [5, 5.41) is 0. The highest BCUT2D eigenvalue weighted by atomic mass is 16.7. The van der Waals surface area contributed by atoms with E-state index in [-0.39, 0.29) is 5.79 Å². The molecule has 1 heterocycles. The van der Waals surface area contributed by atoms with Gasteiger partial charge in [-0.1, -0.05) is 26.7 Å². The van der Waals surface area contributed by atoms with Gasteiger partial charge in [0.15, 0.2) is 5.79 Å². The molecule has 1 spiro atoms. The van der Waals surface area contributed by atoms with Crippen molar-refractivity contribution in [1.82, 2.24) is 0 Å². The van der Waals surface area contributed by atoms with Crippen molar-refractivity contribution in [3.8, 4) is 0 Å². The quantitative estimate of drug-likeness (QED) is 0.578. The van der Waals surface area contributed by atoms with Gasteiger partial charge in [0.2, 0.25) is 0 Å². The van der Waals surface area contributed by atoms with Crippen LogP contribution in [0.1, 0.15) is 52.4 Å². The topological polar surface area (TPSA) is 18.5 Å². The molecule has 1 saturated carbocycles. The first-order valence-electron chi connectivity index (χ1n) is 5.69. The third kappa shape index (κ3) is 2.96. The molecular weight excluding hydrogens is 164 g/mol. The second kappa shape index (κ2) is 5.61. The minimum absolute atomic E-state index is 0.142. The minimum atomic E-state index is -0.142. The molecule has 1 saturated heterocycles. The van der Waals surface area contributed by atoms with E-state index >= 15 is 0 Å². The van der Waals surface area contributed by atoms with Crippen molar-refractivity contribution >= 4 is 0 Å². The summed E-state index contributed by atoms with van der Waals surface area (Å²) < 4.78 is 11.3. The monoisotopic (exact) mass is 186 g/mol. The molecule has 0 N–H and O–H groups in total. The van der Waals surface area contributed by atoms with Crippen LogP contribution in [0.25, 0.3) is 0 Å². The maximum atomic E-state index is 5.64. The Bertz CT molecular complexity index is 118. The van der Waals surface area contributed by atoms with E-state index in [0.29, 0.717) is 0 Å². The summed E-state index contributed by atoms with van der Waals surface area (Å²) >= 11 is 0. The third-order valence-corrected chi connectivity index (χ3v) is 2.68. The molecule has 0 atom stereocenters. The highest BCUT2D eigenvalue weighted by molar-refractivity contribution is 4.76. The Hall–Kier alpha value is -0.0800. The van der Waals surface area contributed by atoms with Gasteiger partial charge in [0, 0.05) is 12.8 Å². The normalized spacial score (nSPS) is 26.3. The Balaban J connectivity index is 0.000000396. The molecule has 0 aromatic carbocycles. The lowest BCUT2D eigenvalue weighted by Gasteiger charge is -2.25. The largest absolute Gasteiger partial charge is 0.348 e. The van der Waals surface area contributed by atoms with Gasteiger partial charge in [-0.2, -0.15) is 0 Å². The summed E-state index contributed by atoms with van der Waals surface area (Å²) in [7, 11) is 0. The molecule has 2 rings (SSSR count). The zero-order chi connectivity index (χ0) is 9.57. The molecular formula is C11H22O2. The van der Waals surface area contributed by atoms with Gasteiger partial charge in [-0.3, -0.25) is 0 Å². The summed E-state index contributed by atoms with van der Waals surface area (Å²) in [4.78, 5) is 0. The first-order valence-corrected chi connectivity index (χ1v) is 5.69. The maximum Gasteiger partial charge on any atom is 0.168 e. The van der Waals surface area contributed by atoms with Crippen molar-refractivity contribution in [2.45, 2.75) is 58.2 Å². The number of hydrogen-bond acceptors (Lipinski definition) is 2. The van der Waals surface area contributed by atoms with Crippen LogP contribution in [-0.2, 0) is 9.47 Å². The molecule has 1 aliphatic heterocycles. The van der Waals surface area contributed by atoms with Crippen LogP contribution in [0.5, 0.6) is 0 Å². The van der Waals surface area contributed by atoms with Gasteiger partial charge >= 0.3 is 0 Å². The fourth-order valence-electron chi connectivity index (χ4n) is 2.05. The molecule has 2 nitrogen and oxygen atoms in total. The van der Waals surface area contributed by atoms with Gasteiger partial charge in [0.1, 0.15) is 0 Å². The van der Waals surface area contributed by atoms with Gasteiger partial charge in [-0.05, 0) is 12.8 Å².